The van der Waals surface area contributed by atoms with Crippen LogP contribution >= 0.6 is 11.8 Å². The second-order valence-corrected chi connectivity index (χ2v) is 5.28. The third-order valence-corrected chi connectivity index (χ3v) is 3.82. The lowest BCUT2D eigenvalue weighted by molar-refractivity contribution is 0.413. The van der Waals surface area contributed by atoms with E-state index in [1.807, 2.05) is 32.0 Å². The van der Waals surface area contributed by atoms with Crippen LogP contribution in [0.5, 0.6) is 5.75 Å². The number of oxazole rings is 1. The molecule has 0 atom stereocenters. The molecule has 0 unspecified atom stereocenters. The van der Waals surface area contributed by atoms with Crippen molar-refractivity contribution in [1.82, 2.24) is 4.98 Å². The summed E-state index contributed by atoms with van der Waals surface area (Å²) in [6.45, 7) is 3.82. The summed E-state index contributed by atoms with van der Waals surface area (Å²) in [6, 6.07) is 5.62. The number of methoxy groups -OCH3 is 1. The number of benzene rings is 1. The van der Waals surface area contributed by atoms with Crippen LogP contribution in [0.1, 0.15) is 22.6 Å². The number of hydrogen-bond donors (Lipinski definition) is 2. The number of ether oxygens (including phenoxy) is 1. The maximum absolute atomic E-state index is 7.56. The second-order valence-electron chi connectivity index (χ2n) is 4.36. The molecule has 3 N–H and O–H groups in total. The molecule has 0 spiro atoms. The minimum Gasteiger partial charge on any atom is -0.496 e. The minimum absolute atomic E-state index is 0.00323. The molecule has 20 heavy (non-hydrogen) atoms. The van der Waals surface area contributed by atoms with Crippen molar-refractivity contribution < 1.29 is 9.15 Å². The average Bonchev–Trinajstić information content (AvgIpc) is 2.75. The van der Waals surface area contributed by atoms with Crippen molar-refractivity contribution in [2.75, 3.05) is 7.11 Å². The SMILES string of the molecule is COc1ccc(CSc2nc(C)c(C)o2)cc1C(=N)N. The molecule has 0 aliphatic rings. The Morgan fingerprint density at radius 3 is 2.75 bits per heavy atom. The summed E-state index contributed by atoms with van der Waals surface area (Å²) in [7, 11) is 1.56. The lowest BCUT2D eigenvalue weighted by Crippen LogP contribution is -2.12. The van der Waals surface area contributed by atoms with Crippen LogP contribution in [0.15, 0.2) is 27.8 Å². The second kappa shape index (κ2) is 6.00. The van der Waals surface area contributed by atoms with E-state index in [-0.39, 0.29) is 5.84 Å². The van der Waals surface area contributed by atoms with Crippen molar-refractivity contribution in [3.05, 3.63) is 40.8 Å². The fourth-order valence-corrected chi connectivity index (χ4v) is 2.56. The Morgan fingerprint density at radius 2 is 2.20 bits per heavy atom. The number of hydrogen-bond acceptors (Lipinski definition) is 5. The van der Waals surface area contributed by atoms with Gasteiger partial charge in [-0.3, -0.25) is 5.41 Å². The zero-order valence-corrected chi connectivity index (χ0v) is 12.5. The van der Waals surface area contributed by atoms with Crippen molar-refractivity contribution in [2.45, 2.75) is 24.8 Å². The Bertz CT molecular complexity index is 618. The fraction of sp³-hybridized carbons (Fsp3) is 0.286. The quantitative estimate of drug-likeness (QED) is 0.502. The Balaban J connectivity index is 2.13. The van der Waals surface area contributed by atoms with E-state index in [2.05, 4.69) is 4.98 Å². The molecule has 0 amide bonds. The van der Waals surface area contributed by atoms with Crippen LogP contribution in [-0.4, -0.2) is 17.9 Å². The van der Waals surface area contributed by atoms with Crippen LogP contribution in [0.3, 0.4) is 0 Å². The summed E-state index contributed by atoms with van der Waals surface area (Å²) < 4.78 is 10.7. The molecule has 0 saturated carbocycles. The maximum Gasteiger partial charge on any atom is 0.256 e. The predicted octanol–water partition coefficient (Wildman–Crippen LogP) is 2.88. The van der Waals surface area contributed by atoms with E-state index < -0.39 is 0 Å². The zero-order chi connectivity index (χ0) is 14.7. The zero-order valence-electron chi connectivity index (χ0n) is 11.7. The van der Waals surface area contributed by atoms with Gasteiger partial charge in [-0.1, -0.05) is 17.8 Å². The van der Waals surface area contributed by atoms with Crippen molar-refractivity contribution in [1.29, 1.82) is 5.41 Å². The molecule has 0 bridgehead atoms. The highest BCUT2D eigenvalue weighted by atomic mass is 32.2. The summed E-state index contributed by atoms with van der Waals surface area (Å²) in [6.07, 6.45) is 0. The normalized spacial score (nSPS) is 10.6. The summed E-state index contributed by atoms with van der Waals surface area (Å²) in [5.74, 6) is 2.14. The van der Waals surface area contributed by atoms with Gasteiger partial charge < -0.3 is 14.9 Å². The number of thioether (sulfide) groups is 1. The smallest absolute Gasteiger partial charge is 0.256 e. The van der Waals surface area contributed by atoms with Gasteiger partial charge in [0.25, 0.3) is 5.22 Å². The molecule has 2 aromatic rings. The monoisotopic (exact) mass is 291 g/mol. The molecular weight excluding hydrogens is 274 g/mol. The Hall–Kier alpha value is -1.95. The summed E-state index contributed by atoms with van der Waals surface area (Å²) in [5, 5.41) is 8.22. The van der Waals surface area contributed by atoms with Crippen molar-refractivity contribution >= 4 is 17.6 Å². The standard InChI is InChI=1S/C14H17N3O2S/c1-8-9(2)19-14(17-8)20-7-10-4-5-12(18-3)11(6-10)13(15)16/h4-6H,7H2,1-3H3,(H3,15,16). The highest BCUT2D eigenvalue weighted by molar-refractivity contribution is 7.98. The number of rotatable bonds is 5. The molecule has 1 heterocycles. The van der Waals surface area contributed by atoms with Crippen LogP contribution < -0.4 is 10.5 Å². The van der Waals surface area contributed by atoms with Gasteiger partial charge in [0, 0.05) is 5.75 Å². The Labute approximate surface area is 122 Å². The van der Waals surface area contributed by atoms with Crippen molar-refractivity contribution in [3.8, 4) is 5.75 Å². The average molecular weight is 291 g/mol. The summed E-state index contributed by atoms with van der Waals surface area (Å²) >= 11 is 1.51. The molecule has 0 radical (unpaired) electrons. The number of nitrogens with one attached hydrogen (secondary N) is 1. The van der Waals surface area contributed by atoms with Gasteiger partial charge in [0.05, 0.1) is 18.4 Å². The molecule has 5 nitrogen and oxygen atoms in total. The van der Waals surface area contributed by atoms with Gasteiger partial charge >= 0.3 is 0 Å². The molecule has 0 saturated heterocycles. The molecule has 0 fully saturated rings. The first kappa shape index (κ1) is 14.5. The van der Waals surface area contributed by atoms with Crippen molar-refractivity contribution in [2.24, 2.45) is 5.73 Å². The summed E-state index contributed by atoms with van der Waals surface area (Å²) in [5.41, 5.74) is 8.10. The molecule has 1 aromatic heterocycles. The molecule has 106 valence electrons. The van der Waals surface area contributed by atoms with E-state index in [1.165, 1.54) is 11.8 Å². The van der Waals surface area contributed by atoms with Crippen LogP contribution in [0.2, 0.25) is 0 Å². The molecule has 0 aliphatic carbocycles. The minimum atomic E-state index is -0.00323. The van der Waals surface area contributed by atoms with E-state index in [9.17, 15) is 0 Å². The number of nitrogen functional groups attached to an aromatic ring is 1. The number of amidine groups is 1. The van der Waals surface area contributed by atoms with Gasteiger partial charge in [-0.2, -0.15) is 0 Å². The van der Waals surface area contributed by atoms with Gasteiger partial charge in [0.15, 0.2) is 0 Å². The lowest BCUT2D eigenvalue weighted by atomic mass is 10.1. The van der Waals surface area contributed by atoms with Crippen LogP contribution in [0.25, 0.3) is 0 Å². The van der Waals surface area contributed by atoms with Gasteiger partial charge in [0.1, 0.15) is 17.3 Å². The highest BCUT2D eigenvalue weighted by Gasteiger charge is 2.10. The summed E-state index contributed by atoms with van der Waals surface area (Å²) in [4.78, 5) is 4.32. The number of nitrogens with two attached hydrogens (primary N) is 1. The first-order chi connectivity index (χ1) is 9.51. The Kier molecular flexibility index (Phi) is 4.34. The molecule has 6 heteroatoms. The maximum atomic E-state index is 7.56. The van der Waals surface area contributed by atoms with Crippen molar-refractivity contribution in [3.63, 3.8) is 0 Å². The first-order valence-corrected chi connectivity index (χ1v) is 7.08. The topological polar surface area (TPSA) is 85.1 Å². The van der Waals surface area contributed by atoms with E-state index in [4.69, 9.17) is 20.3 Å². The highest BCUT2D eigenvalue weighted by Crippen LogP contribution is 2.26. The van der Waals surface area contributed by atoms with E-state index in [0.29, 0.717) is 22.3 Å². The van der Waals surface area contributed by atoms with Gasteiger partial charge in [0.2, 0.25) is 0 Å². The lowest BCUT2D eigenvalue weighted by Gasteiger charge is -2.08. The first-order valence-electron chi connectivity index (χ1n) is 6.09. The number of aryl methyl sites for hydroxylation is 2. The molecular formula is C14H17N3O2S. The number of nitrogens with zero attached hydrogens (tertiary/aromatic N) is 1. The molecule has 2 rings (SSSR count). The van der Waals surface area contributed by atoms with E-state index in [1.54, 1.807) is 7.11 Å². The van der Waals surface area contributed by atoms with Gasteiger partial charge in [-0.25, -0.2) is 4.98 Å². The van der Waals surface area contributed by atoms with Gasteiger partial charge in [-0.15, -0.1) is 0 Å². The molecule has 1 aromatic carbocycles. The van der Waals surface area contributed by atoms with E-state index >= 15 is 0 Å². The van der Waals surface area contributed by atoms with Crippen LogP contribution in [0.4, 0.5) is 0 Å². The largest absolute Gasteiger partial charge is 0.496 e. The Morgan fingerprint density at radius 1 is 1.45 bits per heavy atom. The van der Waals surface area contributed by atoms with E-state index in [0.717, 1.165) is 17.0 Å². The number of aromatic nitrogens is 1. The predicted molar refractivity (Wildman–Crippen MR) is 79.5 cm³/mol. The van der Waals surface area contributed by atoms with Gasteiger partial charge in [-0.05, 0) is 31.5 Å². The van der Waals surface area contributed by atoms with Crippen LogP contribution in [0, 0.1) is 19.3 Å². The third kappa shape index (κ3) is 3.14. The fourth-order valence-electron chi connectivity index (χ4n) is 1.71. The third-order valence-electron chi connectivity index (χ3n) is 2.93. The molecule has 0 aliphatic heterocycles. The van der Waals surface area contributed by atoms with Crippen LogP contribution in [-0.2, 0) is 5.75 Å².